The number of nitrogens with two attached hydrogens (primary N) is 1. The number of nitrogens with one attached hydrogen (secondary N) is 1. The van der Waals surface area contributed by atoms with Gasteiger partial charge in [-0.2, -0.15) is 0 Å². The topological polar surface area (TPSA) is 105 Å². The Kier molecular flexibility index (Phi) is 11.1. The first kappa shape index (κ1) is 34.8. The van der Waals surface area contributed by atoms with Crippen molar-refractivity contribution in [1.82, 2.24) is 15.1 Å². The molecule has 2 aliphatic heterocycles. The monoisotopic (exact) mass is 730 g/mol. The number of nitrogens with zero attached hydrogens (tertiary/aromatic N) is 2. The molecule has 2 fully saturated rings. The molecule has 2 heterocycles. The van der Waals surface area contributed by atoms with Crippen molar-refractivity contribution in [1.29, 1.82) is 0 Å². The second kappa shape index (κ2) is 15.7. The highest BCUT2D eigenvalue weighted by atomic mass is 79.9. The molecule has 8 nitrogen and oxygen atoms in total. The van der Waals surface area contributed by atoms with Crippen LogP contribution in [0.15, 0.2) is 76.8 Å². The van der Waals surface area contributed by atoms with E-state index in [-0.39, 0.29) is 48.6 Å². The molecule has 0 spiro atoms. The number of piperazine rings is 1. The van der Waals surface area contributed by atoms with Crippen molar-refractivity contribution >= 4 is 39.2 Å². The van der Waals surface area contributed by atoms with Crippen molar-refractivity contribution < 1.29 is 23.5 Å². The largest absolute Gasteiger partial charge is 0.492 e. The van der Waals surface area contributed by atoms with Crippen LogP contribution in [0.3, 0.4) is 0 Å². The summed E-state index contributed by atoms with van der Waals surface area (Å²) in [7, 11) is 0. The van der Waals surface area contributed by atoms with Crippen molar-refractivity contribution in [3.8, 4) is 5.75 Å². The molecule has 2 bridgehead atoms. The molecule has 258 valence electrons. The fourth-order valence-corrected chi connectivity index (χ4v) is 7.30. The van der Waals surface area contributed by atoms with E-state index in [1.807, 2.05) is 21.9 Å². The molecule has 6 rings (SSSR count). The lowest BCUT2D eigenvalue weighted by Crippen LogP contribution is -2.62. The summed E-state index contributed by atoms with van der Waals surface area (Å²) < 4.78 is 20.1. The van der Waals surface area contributed by atoms with Crippen molar-refractivity contribution in [3.63, 3.8) is 0 Å². The van der Waals surface area contributed by atoms with E-state index >= 15 is 0 Å². The molecule has 1 saturated heterocycles. The molecule has 3 aromatic rings. The first-order valence-corrected chi connectivity index (χ1v) is 18.0. The summed E-state index contributed by atoms with van der Waals surface area (Å²) >= 11 is 3.41. The van der Waals surface area contributed by atoms with Crippen molar-refractivity contribution in [2.45, 2.75) is 83.0 Å². The van der Waals surface area contributed by atoms with Crippen LogP contribution in [-0.4, -0.2) is 65.3 Å². The number of amides is 3. The van der Waals surface area contributed by atoms with Gasteiger partial charge in [0.25, 0.3) is 5.91 Å². The molecule has 3 aliphatic rings. The van der Waals surface area contributed by atoms with Crippen LogP contribution in [0.2, 0.25) is 0 Å². The maximum atomic E-state index is 14.7. The van der Waals surface area contributed by atoms with Crippen LogP contribution in [0.25, 0.3) is 5.57 Å². The number of carbonyl (C=O) groups excluding carboxylic acids is 3. The predicted octanol–water partition coefficient (Wildman–Crippen LogP) is 6.08. The minimum absolute atomic E-state index is 0.00922. The van der Waals surface area contributed by atoms with E-state index in [1.165, 1.54) is 12.1 Å². The van der Waals surface area contributed by atoms with E-state index < -0.39 is 5.91 Å². The summed E-state index contributed by atoms with van der Waals surface area (Å²) in [6, 6.07) is 21.0. The average molecular weight is 732 g/mol. The number of primary amides is 1. The Morgan fingerprint density at radius 3 is 2.53 bits per heavy atom. The van der Waals surface area contributed by atoms with Gasteiger partial charge in [-0.3, -0.25) is 14.4 Å². The minimum atomic E-state index is -0.407. The summed E-state index contributed by atoms with van der Waals surface area (Å²) in [4.78, 5) is 43.1. The quantitative estimate of drug-likeness (QED) is 0.196. The highest BCUT2D eigenvalue weighted by molar-refractivity contribution is 9.10. The van der Waals surface area contributed by atoms with Gasteiger partial charge in [0.05, 0.1) is 17.1 Å². The molecule has 1 saturated carbocycles. The zero-order valence-corrected chi connectivity index (χ0v) is 29.5. The Morgan fingerprint density at radius 1 is 1.02 bits per heavy atom. The molecular formula is C39H44BrFN4O4. The smallest absolute Gasteiger partial charge is 0.252 e. The first-order valence-electron chi connectivity index (χ1n) is 17.2. The van der Waals surface area contributed by atoms with E-state index in [0.29, 0.717) is 44.8 Å². The zero-order valence-electron chi connectivity index (χ0n) is 27.9. The molecule has 3 aromatic carbocycles. The van der Waals surface area contributed by atoms with Gasteiger partial charge in [-0.25, -0.2) is 4.39 Å². The molecule has 3 N–H and O–H groups in total. The molecular weight excluding hydrogens is 687 g/mol. The van der Waals surface area contributed by atoms with E-state index in [2.05, 4.69) is 64.6 Å². The van der Waals surface area contributed by atoms with Crippen LogP contribution in [0.4, 0.5) is 4.39 Å². The lowest BCUT2D eigenvalue weighted by Gasteiger charge is -2.45. The fraction of sp³-hybridized carbons (Fsp3) is 0.410. The van der Waals surface area contributed by atoms with Crippen LogP contribution in [0.5, 0.6) is 5.75 Å². The number of aryl methyl sites for hydroxylation is 2. The Labute approximate surface area is 296 Å². The number of ether oxygens (including phenoxy) is 1. The summed E-state index contributed by atoms with van der Waals surface area (Å²) in [5, 5.41) is 3.68. The van der Waals surface area contributed by atoms with Crippen LogP contribution in [-0.2, 0) is 27.3 Å². The normalized spacial score (nSPS) is 18.7. The Hall–Kier alpha value is -4.02. The maximum absolute atomic E-state index is 14.7. The summed E-state index contributed by atoms with van der Waals surface area (Å²) in [6.45, 7) is 4.04. The fourth-order valence-electron chi connectivity index (χ4n) is 6.94. The Balaban J connectivity index is 1.22. The third-order valence-corrected chi connectivity index (χ3v) is 10.4. The highest BCUT2D eigenvalue weighted by Crippen LogP contribution is 2.38. The molecule has 49 heavy (non-hydrogen) atoms. The minimum Gasteiger partial charge on any atom is -0.492 e. The third kappa shape index (κ3) is 8.78. The number of fused-ring (bicyclic) bond motifs is 2. The summed E-state index contributed by atoms with van der Waals surface area (Å²) in [5.74, 6) is -0.229. The predicted molar refractivity (Wildman–Crippen MR) is 191 cm³/mol. The van der Waals surface area contributed by atoms with Gasteiger partial charge in [-0.15, -0.1) is 0 Å². The molecule has 0 unspecified atom stereocenters. The van der Waals surface area contributed by atoms with Crippen LogP contribution >= 0.6 is 15.9 Å². The number of hydrogen-bond donors (Lipinski definition) is 2. The number of halogens is 2. The average Bonchev–Trinajstić information content (AvgIpc) is 3.93. The van der Waals surface area contributed by atoms with Gasteiger partial charge in [0.15, 0.2) is 0 Å². The third-order valence-electron chi connectivity index (χ3n) is 9.72. The second-order valence-corrected chi connectivity index (χ2v) is 14.3. The van der Waals surface area contributed by atoms with Crippen molar-refractivity contribution in [2.24, 2.45) is 5.73 Å². The van der Waals surface area contributed by atoms with Gasteiger partial charge in [0.1, 0.15) is 11.6 Å². The van der Waals surface area contributed by atoms with E-state index in [4.69, 9.17) is 10.5 Å². The highest BCUT2D eigenvalue weighted by Gasteiger charge is 2.43. The van der Waals surface area contributed by atoms with E-state index in [9.17, 15) is 18.8 Å². The number of benzene rings is 3. The lowest BCUT2D eigenvalue weighted by molar-refractivity contribution is -0.134. The number of carbonyl (C=O) groups is 3. The standard InChI is InChI=1S/C39H44BrFN4O4/c1-25-6-2-3-8-28(25)22-45(31-16-17-31)39(48)38-32(21-30-23-44(24-34(38)43-30)37(47)10-4-9-36(42)46)27-13-11-26(12-14-27)7-5-19-49-35-20-29(41)15-18-33(35)40/h2-3,6,8,11-15,18,20,30-31,34,43H,4-5,7,9-10,16-17,19,21-24H2,1H3,(H2,42,46)/t30-,34-/m1/s1. The molecule has 3 amide bonds. The maximum Gasteiger partial charge on any atom is 0.252 e. The first-order chi connectivity index (χ1) is 23.7. The second-order valence-electron chi connectivity index (χ2n) is 13.4. The van der Waals surface area contributed by atoms with Crippen molar-refractivity contribution in [3.05, 3.63) is 105 Å². The molecule has 2 atom stereocenters. The lowest BCUT2D eigenvalue weighted by atomic mass is 9.82. The van der Waals surface area contributed by atoms with Gasteiger partial charge >= 0.3 is 0 Å². The number of hydrogen-bond acceptors (Lipinski definition) is 5. The van der Waals surface area contributed by atoms with Gasteiger partial charge in [-0.05, 0) is 101 Å². The SMILES string of the molecule is Cc1ccccc1CN(C(=O)C1=C(c2ccc(CCCOc3cc(F)ccc3Br)cc2)C[C@@H]2CN(C(=O)CCCC(N)=O)C[C@H]1N2)C1CC1. The van der Waals surface area contributed by atoms with Gasteiger partial charge in [-0.1, -0.05) is 48.5 Å². The molecule has 0 aromatic heterocycles. The Bertz CT molecular complexity index is 1720. The molecule has 10 heteroatoms. The summed E-state index contributed by atoms with van der Waals surface area (Å²) in [5.41, 5.74) is 11.6. The van der Waals surface area contributed by atoms with Crippen LogP contribution < -0.4 is 15.8 Å². The molecule has 0 radical (unpaired) electrons. The zero-order chi connectivity index (χ0) is 34.5. The van der Waals surface area contributed by atoms with Gasteiger partial charge in [0.2, 0.25) is 11.8 Å². The van der Waals surface area contributed by atoms with E-state index in [1.54, 1.807) is 6.07 Å². The van der Waals surface area contributed by atoms with E-state index in [0.717, 1.165) is 63.6 Å². The molecule has 1 aliphatic carbocycles. The van der Waals surface area contributed by atoms with Gasteiger partial charge in [0, 0.05) is 56.2 Å². The number of rotatable bonds is 14. The van der Waals surface area contributed by atoms with Gasteiger partial charge < -0.3 is 25.6 Å². The van der Waals surface area contributed by atoms with Crippen LogP contribution in [0, 0.1) is 12.7 Å². The summed E-state index contributed by atoms with van der Waals surface area (Å²) in [6.07, 6.45) is 5.02. The van der Waals surface area contributed by atoms with Crippen molar-refractivity contribution in [2.75, 3.05) is 19.7 Å². The Morgan fingerprint density at radius 2 is 1.80 bits per heavy atom. The van der Waals surface area contributed by atoms with Crippen LogP contribution in [0.1, 0.15) is 67.2 Å².